The van der Waals surface area contributed by atoms with Crippen molar-refractivity contribution in [2.75, 3.05) is 51.3 Å². The van der Waals surface area contributed by atoms with Crippen LogP contribution in [0.4, 0.5) is 19.1 Å². The molecule has 0 radical (unpaired) electrons. The average molecular weight is 290 g/mol. The minimum Gasteiger partial charge on any atom is -0.383 e. The Kier molecular flexibility index (Phi) is 4.77. The smallest absolute Gasteiger partial charge is 0.383 e. The van der Waals surface area contributed by atoms with Crippen molar-refractivity contribution in [3.8, 4) is 0 Å². The molecular weight excluding hydrogens is 273 g/mol. The lowest BCUT2D eigenvalue weighted by Gasteiger charge is -2.34. The monoisotopic (exact) mass is 290 g/mol. The van der Waals surface area contributed by atoms with Crippen LogP contribution >= 0.6 is 0 Å². The van der Waals surface area contributed by atoms with E-state index in [1.165, 1.54) is 0 Å². The van der Waals surface area contributed by atoms with Crippen molar-refractivity contribution in [1.29, 1.82) is 0 Å². The summed E-state index contributed by atoms with van der Waals surface area (Å²) in [7, 11) is 1.65. The van der Waals surface area contributed by atoms with Gasteiger partial charge in [-0.1, -0.05) is 0 Å². The lowest BCUT2D eigenvalue weighted by molar-refractivity contribution is -0.141. The fourth-order valence-electron chi connectivity index (χ4n) is 2.05. The van der Waals surface area contributed by atoms with Gasteiger partial charge in [0.2, 0.25) is 5.95 Å². The third kappa shape index (κ3) is 3.80. The first kappa shape index (κ1) is 15.0. The van der Waals surface area contributed by atoms with Crippen LogP contribution in [0.5, 0.6) is 0 Å². The number of alkyl halides is 3. The van der Waals surface area contributed by atoms with Gasteiger partial charge in [0.15, 0.2) is 0 Å². The van der Waals surface area contributed by atoms with Gasteiger partial charge in [0, 0.05) is 46.0 Å². The molecule has 0 N–H and O–H groups in total. The molecule has 2 heterocycles. The Hall–Kier alpha value is -1.41. The third-order valence-corrected chi connectivity index (χ3v) is 3.20. The van der Waals surface area contributed by atoms with Crippen LogP contribution in [0.1, 0.15) is 5.69 Å². The zero-order valence-corrected chi connectivity index (χ0v) is 11.2. The van der Waals surface area contributed by atoms with Gasteiger partial charge in [-0.2, -0.15) is 13.2 Å². The summed E-state index contributed by atoms with van der Waals surface area (Å²) in [5.41, 5.74) is -0.899. The highest BCUT2D eigenvalue weighted by molar-refractivity contribution is 5.31. The first-order valence-electron chi connectivity index (χ1n) is 6.37. The van der Waals surface area contributed by atoms with Gasteiger partial charge in [0.1, 0.15) is 5.69 Å². The van der Waals surface area contributed by atoms with Crippen LogP contribution in [0.3, 0.4) is 0 Å². The summed E-state index contributed by atoms with van der Waals surface area (Å²) < 4.78 is 42.8. The van der Waals surface area contributed by atoms with Gasteiger partial charge in [-0.05, 0) is 6.07 Å². The number of ether oxygens (including phenoxy) is 1. The second-order valence-corrected chi connectivity index (χ2v) is 4.56. The first-order valence-corrected chi connectivity index (χ1v) is 6.37. The lowest BCUT2D eigenvalue weighted by atomic mass is 10.3. The summed E-state index contributed by atoms with van der Waals surface area (Å²) in [5, 5.41) is 0. The maximum absolute atomic E-state index is 12.6. The highest BCUT2D eigenvalue weighted by atomic mass is 19.4. The van der Waals surface area contributed by atoms with Crippen LogP contribution in [-0.4, -0.2) is 61.3 Å². The Morgan fingerprint density at radius 2 is 1.95 bits per heavy atom. The van der Waals surface area contributed by atoms with Gasteiger partial charge in [-0.3, -0.25) is 4.90 Å². The van der Waals surface area contributed by atoms with E-state index in [9.17, 15) is 13.2 Å². The number of piperazine rings is 1. The molecule has 8 heteroatoms. The van der Waals surface area contributed by atoms with Gasteiger partial charge >= 0.3 is 6.18 Å². The maximum atomic E-state index is 12.6. The molecule has 0 saturated carbocycles. The molecule has 0 spiro atoms. The molecule has 1 aliphatic heterocycles. The van der Waals surface area contributed by atoms with E-state index in [1.54, 1.807) is 12.0 Å². The van der Waals surface area contributed by atoms with Crippen molar-refractivity contribution in [2.24, 2.45) is 0 Å². The van der Waals surface area contributed by atoms with Crippen molar-refractivity contribution in [3.63, 3.8) is 0 Å². The highest BCUT2D eigenvalue weighted by Gasteiger charge is 2.33. The average Bonchev–Trinajstić information content (AvgIpc) is 2.45. The minimum absolute atomic E-state index is 0.145. The number of hydrogen-bond donors (Lipinski definition) is 0. The van der Waals surface area contributed by atoms with Crippen LogP contribution in [0.25, 0.3) is 0 Å². The Bertz CT molecular complexity index is 433. The van der Waals surface area contributed by atoms with E-state index in [1.807, 2.05) is 0 Å². The Balaban J connectivity index is 1.97. The van der Waals surface area contributed by atoms with E-state index < -0.39 is 11.9 Å². The highest BCUT2D eigenvalue weighted by Crippen LogP contribution is 2.28. The summed E-state index contributed by atoms with van der Waals surface area (Å²) in [6.45, 7) is 4.25. The van der Waals surface area contributed by atoms with E-state index in [2.05, 4.69) is 14.9 Å². The van der Waals surface area contributed by atoms with Gasteiger partial charge in [-0.15, -0.1) is 0 Å². The molecule has 112 valence electrons. The molecule has 0 amide bonds. The number of nitrogens with zero attached hydrogens (tertiary/aromatic N) is 4. The zero-order chi connectivity index (χ0) is 14.6. The topological polar surface area (TPSA) is 41.5 Å². The van der Waals surface area contributed by atoms with Gasteiger partial charge in [-0.25, -0.2) is 9.97 Å². The molecule has 0 unspecified atom stereocenters. The number of hydrogen-bond acceptors (Lipinski definition) is 5. The molecule has 1 aliphatic rings. The van der Waals surface area contributed by atoms with Crippen molar-refractivity contribution in [2.45, 2.75) is 6.18 Å². The molecule has 0 aliphatic carbocycles. The summed E-state index contributed by atoms with van der Waals surface area (Å²) in [4.78, 5) is 11.5. The second kappa shape index (κ2) is 6.36. The van der Waals surface area contributed by atoms with Gasteiger partial charge in [0.25, 0.3) is 0 Å². The molecule has 1 aromatic heterocycles. The normalized spacial score (nSPS) is 17.5. The Morgan fingerprint density at radius 1 is 1.25 bits per heavy atom. The number of rotatable bonds is 4. The predicted molar refractivity (Wildman–Crippen MR) is 67.6 cm³/mol. The van der Waals surface area contributed by atoms with Gasteiger partial charge < -0.3 is 9.64 Å². The fourth-order valence-corrected chi connectivity index (χ4v) is 2.05. The molecule has 2 rings (SSSR count). The summed E-state index contributed by atoms with van der Waals surface area (Å²) in [5.74, 6) is 0.145. The van der Waals surface area contributed by atoms with E-state index in [-0.39, 0.29) is 5.95 Å². The van der Waals surface area contributed by atoms with Crippen LogP contribution in [-0.2, 0) is 10.9 Å². The molecular formula is C12H17F3N4O. The molecule has 0 aromatic carbocycles. The quantitative estimate of drug-likeness (QED) is 0.835. The van der Waals surface area contributed by atoms with E-state index in [0.717, 1.165) is 31.9 Å². The largest absolute Gasteiger partial charge is 0.433 e. The van der Waals surface area contributed by atoms with Crippen molar-refractivity contribution in [3.05, 3.63) is 18.0 Å². The van der Waals surface area contributed by atoms with E-state index in [0.29, 0.717) is 19.7 Å². The molecule has 5 nitrogen and oxygen atoms in total. The maximum Gasteiger partial charge on any atom is 0.433 e. The number of anilines is 1. The molecule has 20 heavy (non-hydrogen) atoms. The first-order chi connectivity index (χ1) is 9.50. The summed E-state index contributed by atoms with van der Waals surface area (Å²) in [6, 6.07) is 0.887. The zero-order valence-electron chi connectivity index (χ0n) is 11.2. The number of halogens is 3. The molecule has 0 bridgehead atoms. The Labute approximate surface area is 115 Å². The number of aromatic nitrogens is 2. The van der Waals surface area contributed by atoms with Gasteiger partial charge in [0.05, 0.1) is 6.61 Å². The second-order valence-electron chi connectivity index (χ2n) is 4.56. The summed E-state index contributed by atoms with van der Waals surface area (Å²) in [6.07, 6.45) is -3.28. The van der Waals surface area contributed by atoms with Crippen LogP contribution in [0.2, 0.25) is 0 Å². The summed E-state index contributed by atoms with van der Waals surface area (Å²) >= 11 is 0. The molecule has 0 atom stereocenters. The molecule has 1 aromatic rings. The van der Waals surface area contributed by atoms with Crippen molar-refractivity contribution < 1.29 is 17.9 Å². The molecule has 1 saturated heterocycles. The van der Waals surface area contributed by atoms with Crippen molar-refractivity contribution >= 4 is 5.95 Å². The predicted octanol–water partition coefficient (Wildman–Crippen LogP) is 1.26. The lowest BCUT2D eigenvalue weighted by Crippen LogP contribution is -2.48. The fraction of sp³-hybridized carbons (Fsp3) is 0.667. The minimum atomic E-state index is -4.43. The van der Waals surface area contributed by atoms with Crippen LogP contribution < -0.4 is 4.90 Å². The molecule has 1 fully saturated rings. The van der Waals surface area contributed by atoms with E-state index in [4.69, 9.17) is 4.74 Å². The van der Waals surface area contributed by atoms with Crippen LogP contribution in [0.15, 0.2) is 12.3 Å². The number of methoxy groups -OCH3 is 1. The standard InChI is InChI=1S/C12H17F3N4O/c1-20-9-8-18-4-6-19(7-5-18)11-16-3-2-10(17-11)12(13,14)15/h2-3H,4-9H2,1H3. The van der Waals surface area contributed by atoms with Crippen molar-refractivity contribution in [1.82, 2.24) is 14.9 Å². The van der Waals surface area contributed by atoms with E-state index >= 15 is 0 Å². The third-order valence-electron chi connectivity index (χ3n) is 3.20. The Morgan fingerprint density at radius 3 is 2.55 bits per heavy atom. The SMILES string of the molecule is COCCN1CCN(c2nccc(C(F)(F)F)n2)CC1. The van der Waals surface area contributed by atoms with Crippen LogP contribution in [0, 0.1) is 0 Å².